The molecule has 1 heterocycles. The molecule has 0 unspecified atom stereocenters. The number of ether oxygens (including phenoxy) is 1. The van der Waals surface area contributed by atoms with E-state index in [1.165, 1.54) is 0 Å². The molecule has 1 aliphatic rings. The van der Waals surface area contributed by atoms with Crippen LogP contribution < -0.4 is 5.32 Å². The maximum atomic E-state index is 12.1. The third-order valence-corrected chi connectivity index (χ3v) is 4.36. The smallest absolute Gasteiger partial charge is 0.407 e. The number of likely N-dealkylation sites (tertiary alicyclic amines) is 1. The average Bonchev–Trinajstić information content (AvgIpc) is 2.44. The van der Waals surface area contributed by atoms with Crippen LogP contribution in [0.2, 0.25) is 0 Å². The lowest BCUT2D eigenvalue weighted by molar-refractivity contribution is -0.144. The molecule has 0 saturated carbocycles. The molecule has 0 aliphatic carbocycles. The van der Waals surface area contributed by atoms with Gasteiger partial charge in [-0.25, -0.2) is 4.79 Å². The Morgan fingerprint density at radius 1 is 1.35 bits per heavy atom. The number of carbonyl (C=O) groups is 2. The largest absolute Gasteiger partial charge is 0.480 e. The summed E-state index contributed by atoms with van der Waals surface area (Å²) in [5.41, 5.74) is -0.543. The van der Waals surface area contributed by atoms with Crippen molar-refractivity contribution in [2.24, 2.45) is 5.92 Å². The number of aliphatic carboxylic acids is 1. The van der Waals surface area contributed by atoms with Crippen LogP contribution in [0.4, 0.5) is 4.79 Å². The number of hydrogen-bond acceptors (Lipinski definition) is 4. The van der Waals surface area contributed by atoms with Gasteiger partial charge in [-0.3, -0.25) is 9.69 Å². The van der Waals surface area contributed by atoms with Gasteiger partial charge in [0.15, 0.2) is 0 Å². The first-order valence-corrected chi connectivity index (χ1v) is 8.60. The van der Waals surface area contributed by atoms with Gasteiger partial charge in [0.1, 0.15) is 11.6 Å². The maximum Gasteiger partial charge on any atom is 0.407 e. The van der Waals surface area contributed by atoms with Crippen molar-refractivity contribution in [1.29, 1.82) is 0 Å². The highest BCUT2D eigenvalue weighted by atomic mass is 16.6. The van der Waals surface area contributed by atoms with E-state index in [-0.39, 0.29) is 12.0 Å². The first-order chi connectivity index (χ1) is 10.6. The fourth-order valence-electron chi connectivity index (χ4n) is 2.85. The summed E-state index contributed by atoms with van der Waals surface area (Å²) >= 11 is 0. The molecule has 0 aromatic rings. The van der Waals surface area contributed by atoms with Gasteiger partial charge in [-0.15, -0.1) is 0 Å². The predicted molar refractivity (Wildman–Crippen MR) is 89.5 cm³/mol. The van der Waals surface area contributed by atoms with Gasteiger partial charge in [0.2, 0.25) is 0 Å². The number of carbonyl (C=O) groups excluding carboxylic acids is 1. The highest BCUT2D eigenvalue weighted by molar-refractivity contribution is 5.73. The summed E-state index contributed by atoms with van der Waals surface area (Å²) in [6.45, 7) is 10.9. The quantitative estimate of drug-likeness (QED) is 0.784. The van der Waals surface area contributed by atoms with Gasteiger partial charge in [-0.2, -0.15) is 0 Å². The van der Waals surface area contributed by atoms with Gasteiger partial charge in [-0.05, 0) is 46.1 Å². The van der Waals surface area contributed by atoms with Crippen LogP contribution in [0.5, 0.6) is 0 Å². The Hall–Kier alpha value is -1.30. The molecule has 6 heteroatoms. The Morgan fingerprint density at radius 3 is 2.52 bits per heavy atom. The fraction of sp³-hybridized carbons (Fsp3) is 0.882. The topological polar surface area (TPSA) is 78.9 Å². The number of carboxylic acids is 1. The molecular weight excluding hydrogens is 296 g/mol. The van der Waals surface area contributed by atoms with Crippen LogP contribution in [0.3, 0.4) is 0 Å². The van der Waals surface area contributed by atoms with Gasteiger partial charge in [0.05, 0.1) is 0 Å². The second-order valence-electron chi connectivity index (χ2n) is 7.48. The van der Waals surface area contributed by atoms with E-state index in [2.05, 4.69) is 19.2 Å². The molecular formula is C17H32N2O4. The monoisotopic (exact) mass is 328 g/mol. The predicted octanol–water partition coefficient (Wildman–Crippen LogP) is 2.86. The van der Waals surface area contributed by atoms with Gasteiger partial charge in [0.25, 0.3) is 0 Å². The molecule has 0 radical (unpaired) electrons. The SMILES string of the molecule is CC[C@H](C)[C@@H](CN1CCCC[C@H]1C(=O)O)NC(=O)OC(C)(C)C. The van der Waals surface area contributed by atoms with Crippen molar-refractivity contribution in [2.75, 3.05) is 13.1 Å². The summed E-state index contributed by atoms with van der Waals surface area (Å²) in [5, 5.41) is 12.3. The van der Waals surface area contributed by atoms with Crippen LogP contribution >= 0.6 is 0 Å². The number of nitrogens with zero attached hydrogens (tertiary/aromatic N) is 1. The van der Waals surface area contributed by atoms with Crippen LogP contribution in [-0.2, 0) is 9.53 Å². The van der Waals surface area contributed by atoms with E-state index in [1.807, 2.05) is 25.7 Å². The number of rotatable bonds is 6. The standard InChI is InChI=1S/C17H32N2O4/c1-6-12(2)13(18-16(22)23-17(3,4)5)11-19-10-8-7-9-14(19)15(20)21/h12-14H,6-11H2,1-5H3,(H,18,22)(H,20,21)/t12-,13+,14-/m0/s1. The number of hydrogen-bond donors (Lipinski definition) is 2. The van der Waals surface area contributed by atoms with E-state index in [4.69, 9.17) is 4.74 Å². The molecule has 134 valence electrons. The minimum atomic E-state index is -0.773. The van der Waals surface area contributed by atoms with Crippen molar-refractivity contribution in [3.8, 4) is 0 Å². The van der Waals surface area contributed by atoms with E-state index in [0.29, 0.717) is 13.0 Å². The van der Waals surface area contributed by atoms with E-state index in [0.717, 1.165) is 25.8 Å². The molecule has 23 heavy (non-hydrogen) atoms. The second kappa shape index (κ2) is 8.52. The van der Waals surface area contributed by atoms with Crippen LogP contribution in [0.25, 0.3) is 0 Å². The summed E-state index contributed by atoms with van der Waals surface area (Å²) < 4.78 is 5.34. The molecule has 6 nitrogen and oxygen atoms in total. The van der Waals surface area contributed by atoms with Gasteiger partial charge in [0, 0.05) is 12.6 Å². The zero-order valence-corrected chi connectivity index (χ0v) is 15.1. The van der Waals surface area contributed by atoms with Crippen molar-refractivity contribution in [2.45, 2.75) is 78.0 Å². The lowest BCUT2D eigenvalue weighted by atomic mass is 9.95. The molecule has 1 amide bonds. The van der Waals surface area contributed by atoms with Crippen molar-refractivity contribution < 1.29 is 19.4 Å². The molecule has 1 fully saturated rings. The van der Waals surface area contributed by atoms with Crippen LogP contribution in [0, 0.1) is 5.92 Å². The Bertz CT molecular complexity index is 406. The zero-order valence-electron chi connectivity index (χ0n) is 15.1. The summed E-state index contributed by atoms with van der Waals surface area (Å²) in [7, 11) is 0. The molecule has 2 N–H and O–H groups in total. The fourth-order valence-corrected chi connectivity index (χ4v) is 2.85. The van der Waals surface area contributed by atoms with Gasteiger partial charge in [-0.1, -0.05) is 26.7 Å². The van der Waals surface area contributed by atoms with Crippen LogP contribution in [0.1, 0.15) is 60.3 Å². The minimum absolute atomic E-state index is 0.116. The highest BCUT2D eigenvalue weighted by Gasteiger charge is 2.32. The number of piperidine rings is 1. The van der Waals surface area contributed by atoms with E-state index < -0.39 is 23.7 Å². The lowest BCUT2D eigenvalue weighted by Gasteiger charge is -2.37. The van der Waals surface area contributed by atoms with E-state index in [1.54, 1.807) is 0 Å². The van der Waals surface area contributed by atoms with Crippen LogP contribution in [0.15, 0.2) is 0 Å². The number of alkyl carbamates (subject to hydrolysis) is 1. The average molecular weight is 328 g/mol. The van der Waals surface area contributed by atoms with Crippen molar-refractivity contribution in [1.82, 2.24) is 10.2 Å². The molecule has 0 aromatic carbocycles. The van der Waals surface area contributed by atoms with Gasteiger partial charge < -0.3 is 15.2 Å². The van der Waals surface area contributed by atoms with E-state index in [9.17, 15) is 14.7 Å². The Morgan fingerprint density at radius 2 is 2.00 bits per heavy atom. The highest BCUT2D eigenvalue weighted by Crippen LogP contribution is 2.20. The maximum absolute atomic E-state index is 12.1. The van der Waals surface area contributed by atoms with Crippen LogP contribution in [-0.4, -0.2) is 52.8 Å². The lowest BCUT2D eigenvalue weighted by Crippen LogP contribution is -2.53. The molecule has 1 rings (SSSR count). The van der Waals surface area contributed by atoms with Crippen molar-refractivity contribution in [3.63, 3.8) is 0 Å². The second-order valence-corrected chi connectivity index (χ2v) is 7.48. The van der Waals surface area contributed by atoms with Crippen molar-refractivity contribution >= 4 is 12.1 Å². The molecule has 1 saturated heterocycles. The first-order valence-electron chi connectivity index (χ1n) is 8.60. The number of carboxylic acid groups (broad SMARTS) is 1. The minimum Gasteiger partial charge on any atom is -0.480 e. The molecule has 0 aromatic heterocycles. The Labute approximate surface area is 139 Å². The summed E-state index contributed by atoms with van der Waals surface area (Å²) in [6.07, 6.45) is 3.09. The summed E-state index contributed by atoms with van der Waals surface area (Å²) in [6, 6.07) is -0.564. The zero-order chi connectivity index (χ0) is 17.6. The molecule has 0 bridgehead atoms. The van der Waals surface area contributed by atoms with Gasteiger partial charge >= 0.3 is 12.1 Å². The summed E-state index contributed by atoms with van der Waals surface area (Å²) in [4.78, 5) is 25.5. The third-order valence-electron chi connectivity index (χ3n) is 4.36. The Kier molecular flexibility index (Phi) is 7.32. The molecule has 0 spiro atoms. The Balaban J connectivity index is 2.73. The normalized spacial score (nSPS) is 22.2. The number of amides is 1. The van der Waals surface area contributed by atoms with Crippen molar-refractivity contribution in [3.05, 3.63) is 0 Å². The first kappa shape index (κ1) is 19.7. The third kappa shape index (κ3) is 6.77. The molecule has 3 atom stereocenters. The summed E-state index contributed by atoms with van der Waals surface area (Å²) in [5.74, 6) is -0.524. The van der Waals surface area contributed by atoms with E-state index >= 15 is 0 Å². The number of nitrogens with one attached hydrogen (secondary N) is 1. The molecule has 1 aliphatic heterocycles.